The van der Waals surface area contributed by atoms with Crippen LogP contribution < -0.4 is 16.0 Å². The molecule has 25 heavy (non-hydrogen) atoms. The molecule has 0 atom stereocenters. The fourth-order valence-electron chi connectivity index (χ4n) is 2.90. The van der Waals surface area contributed by atoms with Crippen LogP contribution in [0.15, 0.2) is 23.1 Å². The molecule has 3 N–H and O–H groups in total. The number of hydrogen-bond donors (Lipinski definition) is 3. The fraction of sp³-hybridized carbons (Fsp3) is 0.529. The average Bonchev–Trinajstić information content (AvgIpc) is 2.79. The number of piperazine rings is 1. The van der Waals surface area contributed by atoms with Gasteiger partial charge in [0, 0.05) is 55.4 Å². The number of amides is 2. The molecule has 1 fully saturated rings. The second-order valence-corrected chi connectivity index (χ2v) is 7.20. The van der Waals surface area contributed by atoms with E-state index in [4.69, 9.17) is 0 Å². The number of carbonyl (C=O) groups is 2. The first-order chi connectivity index (χ1) is 11.7. The highest BCUT2D eigenvalue weighted by Gasteiger charge is 2.16. The minimum absolute atomic E-state index is 0. The first-order valence-corrected chi connectivity index (χ1v) is 9.49. The summed E-state index contributed by atoms with van der Waals surface area (Å²) in [5.41, 5.74) is 1.34. The van der Waals surface area contributed by atoms with Crippen molar-refractivity contribution in [3.63, 3.8) is 0 Å². The molecule has 0 radical (unpaired) electrons. The topological polar surface area (TPSA) is 73.5 Å². The largest absolute Gasteiger partial charge is 0.352 e. The highest BCUT2D eigenvalue weighted by atomic mass is 35.5. The second-order valence-electron chi connectivity index (χ2n) is 6.06. The molecule has 1 saturated heterocycles. The van der Waals surface area contributed by atoms with Crippen LogP contribution in [0.2, 0.25) is 0 Å². The van der Waals surface area contributed by atoms with Gasteiger partial charge < -0.3 is 20.9 Å². The zero-order valence-corrected chi connectivity index (χ0v) is 15.8. The summed E-state index contributed by atoms with van der Waals surface area (Å²) in [7, 11) is 0. The van der Waals surface area contributed by atoms with E-state index in [-0.39, 0.29) is 24.2 Å². The summed E-state index contributed by atoms with van der Waals surface area (Å²) in [6.45, 7) is 5.93. The molecule has 138 valence electrons. The second kappa shape index (κ2) is 10.0. The first-order valence-electron chi connectivity index (χ1n) is 8.50. The van der Waals surface area contributed by atoms with Gasteiger partial charge in [0.05, 0.1) is 5.69 Å². The summed E-state index contributed by atoms with van der Waals surface area (Å²) in [4.78, 5) is 27.4. The molecule has 2 aliphatic rings. The SMILES string of the molecule is Cl.O=C1CCSc2ccc(C(=O)NCCCN3CCNCC3)cc2N1. The van der Waals surface area contributed by atoms with Gasteiger partial charge in [-0.05, 0) is 31.2 Å². The summed E-state index contributed by atoms with van der Waals surface area (Å²) in [5, 5.41) is 9.18. The highest BCUT2D eigenvalue weighted by Crippen LogP contribution is 2.31. The minimum Gasteiger partial charge on any atom is -0.352 e. The Morgan fingerprint density at radius 3 is 2.88 bits per heavy atom. The number of rotatable bonds is 5. The van der Waals surface area contributed by atoms with E-state index in [2.05, 4.69) is 20.9 Å². The molecule has 0 aliphatic carbocycles. The monoisotopic (exact) mass is 384 g/mol. The lowest BCUT2D eigenvalue weighted by Crippen LogP contribution is -2.44. The molecule has 0 unspecified atom stereocenters. The molecule has 0 aromatic heterocycles. The Hall–Kier alpha value is -1.28. The van der Waals surface area contributed by atoms with Gasteiger partial charge in [-0.2, -0.15) is 0 Å². The minimum atomic E-state index is -0.0818. The molecule has 0 spiro atoms. The summed E-state index contributed by atoms with van der Waals surface area (Å²) >= 11 is 1.65. The Balaban J connectivity index is 0.00000225. The number of nitrogens with zero attached hydrogens (tertiary/aromatic N) is 1. The highest BCUT2D eigenvalue weighted by molar-refractivity contribution is 7.99. The molecule has 6 nitrogen and oxygen atoms in total. The van der Waals surface area contributed by atoms with E-state index >= 15 is 0 Å². The summed E-state index contributed by atoms with van der Waals surface area (Å²) in [6, 6.07) is 5.52. The van der Waals surface area contributed by atoms with Gasteiger partial charge in [-0.1, -0.05) is 0 Å². The van der Waals surface area contributed by atoms with Gasteiger partial charge in [-0.25, -0.2) is 0 Å². The molecule has 0 saturated carbocycles. The summed E-state index contributed by atoms with van der Waals surface area (Å²) < 4.78 is 0. The van der Waals surface area contributed by atoms with E-state index in [0.717, 1.165) is 55.5 Å². The third-order valence-corrected chi connectivity index (χ3v) is 5.32. The molecular formula is C17H25ClN4O2S. The number of halogens is 1. The Labute approximate surface area is 158 Å². The van der Waals surface area contributed by atoms with E-state index in [0.29, 0.717) is 18.5 Å². The van der Waals surface area contributed by atoms with Gasteiger partial charge in [0.15, 0.2) is 0 Å². The van der Waals surface area contributed by atoms with Crippen LogP contribution in [-0.2, 0) is 4.79 Å². The van der Waals surface area contributed by atoms with Crippen LogP contribution in [0.4, 0.5) is 5.69 Å². The third-order valence-electron chi connectivity index (χ3n) is 4.25. The number of anilines is 1. The lowest BCUT2D eigenvalue weighted by atomic mass is 10.2. The van der Waals surface area contributed by atoms with E-state index in [1.807, 2.05) is 12.1 Å². The van der Waals surface area contributed by atoms with E-state index in [1.54, 1.807) is 17.8 Å². The maximum Gasteiger partial charge on any atom is 0.251 e. The zero-order valence-electron chi connectivity index (χ0n) is 14.2. The van der Waals surface area contributed by atoms with E-state index in [1.165, 1.54) is 0 Å². The van der Waals surface area contributed by atoms with E-state index in [9.17, 15) is 9.59 Å². The number of benzene rings is 1. The van der Waals surface area contributed by atoms with Crippen molar-refractivity contribution in [3.8, 4) is 0 Å². The van der Waals surface area contributed by atoms with Crippen molar-refractivity contribution in [2.75, 3.05) is 50.3 Å². The van der Waals surface area contributed by atoms with Crippen molar-refractivity contribution in [1.82, 2.24) is 15.5 Å². The van der Waals surface area contributed by atoms with Gasteiger partial charge in [0.2, 0.25) is 5.91 Å². The zero-order chi connectivity index (χ0) is 16.8. The predicted molar refractivity (Wildman–Crippen MR) is 104 cm³/mol. The Morgan fingerprint density at radius 2 is 2.08 bits per heavy atom. The van der Waals surface area contributed by atoms with Crippen LogP contribution in [0.5, 0.6) is 0 Å². The third kappa shape index (κ3) is 5.88. The van der Waals surface area contributed by atoms with Gasteiger partial charge in [0.1, 0.15) is 0 Å². The summed E-state index contributed by atoms with van der Waals surface area (Å²) in [6.07, 6.45) is 1.45. The Morgan fingerprint density at radius 1 is 1.28 bits per heavy atom. The number of fused-ring (bicyclic) bond motifs is 1. The number of carbonyl (C=O) groups excluding carboxylic acids is 2. The molecule has 3 rings (SSSR count). The van der Waals surface area contributed by atoms with Crippen molar-refractivity contribution in [2.45, 2.75) is 17.7 Å². The lowest BCUT2D eigenvalue weighted by Gasteiger charge is -2.27. The van der Waals surface area contributed by atoms with E-state index < -0.39 is 0 Å². The number of thioether (sulfide) groups is 1. The maximum absolute atomic E-state index is 12.3. The quantitative estimate of drug-likeness (QED) is 0.672. The van der Waals surface area contributed by atoms with Crippen molar-refractivity contribution < 1.29 is 9.59 Å². The smallest absolute Gasteiger partial charge is 0.251 e. The maximum atomic E-state index is 12.3. The van der Waals surface area contributed by atoms with Crippen molar-refractivity contribution in [3.05, 3.63) is 23.8 Å². The molecule has 1 aromatic carbocycles. The van der Waals surface area contributed by atoms with Crippen LogP contribution in [0.1, 0.15) is 23.2 Å². The van der Waals surface area contributed by atoms with Crippen LogP contribution in [0.3, 0.4) is 0 Å². The fourth-order valence-corrected chi connectivity index (χ4v) is 3.84. The Kier molecular flexibility index (Phi) is 8.02. The standard InChI is InChI=1S/C17H24N4O2S.ClH/c22-16-4-11-24-15-3-2-13(12-14(15)20-16)17(23)19-5-1-8-21-9-6-18-7-10-21;/h2-3,12,18H,1,4-11H2,(H,19,23)(H,20,22);1H. The van der Waals surface area contributed by atoms with Gasteiger partial charge >= 0.3 is 0 Å². The van der Waals surface area contributed by atoms with Crippen molar-refractivity contribution >= 4 is 41.7 Å². The van der Waals surface area contributed by atoms with Crippen molar-refractivity contribution in [1.29, 1.82) is 0 Å². The normalized spacial score (nSPS) is 17.7. The van der Waals surface area contributed by atoms with Crippen LogP contribution in [0, 0.1) is 0 Å². The lowest BCUT2D eigenvalue weighted by molar-refractivity contribution is -0.115. The summed E-state index contributed by atoms with van der Waals surface area (Å²) in [5.74, 6) is 0.701. The Bertz CT molecular complexity index is 608. The average molecular weight is 385 g/mol. The van der Waals surface area contributed by atoms with Gasteiger partial charge in [-0.3, -0.25) is 9.59 Å². The molecule has 2 aliphatic heterocycles. The van der Waals surface area contributed by atoms with Gasteiger partial charge in [0.25, 0.3) is 5.91 Å². The van der Waals surface area contributed by atoms with Gasteiger partial charge in [-0.15, -0.1) is 24.2 Å². The molecule has 1 aromatic rings. The first kappa shape index (κ1) is 20.0. The van der Waals surface area contributed by atoms with Crippen molar-refractivity contribution in [2.24, 2.45) is 0 Å². The van der Waals surface area contributed by atoms with Crippen LogP contribution >= 0.6 is 24.2 Å². The molecule has 2 amide bonds. The molecule has 0 bridgehead atoms. The number of hydrogen-bond acceptors (Lipinski definition) is 5. The molecule has 8 heteroatoms. The number of nitrogens with one attached hydrogen (secondary N) is 3. The predicted octanol–water partition coefficient (Wildman–Crippen LogP) is 1.57. The molecular weight excluding hydrogens is 360 g/mol. The van der Waals surface area contributed by atoms with Crippen LogP contribution in [-0.4, -0.2) is 61.7 Å². The van der Waals surface area contributed by atoms with Crippen LogP contribution in [0.25, 0.3) is 0 Å². The molecule has 2 heterocycles.